The molecule has 5 heteroatoms. The minimum absolute atomic E-state index is 0.120. The Kier molecular flexibility index (Phi) is 4.86. The number of hydrogen-bond acceptors (Lipinski definition) is 2. The molecule has 1 atom stereocenters. The first kappa shape index (κ1) is 11.4. The monoisotopic (exact) mass is 209 g/mol. The first-order valence-corrected chi connectivity index (χ1v) is 5.58. The molecule has 1 unspecified atom stereocenters. The minimum Gasteiger partial charge on any atom is -0.305 e. The normalized spacial score (nSPS) is 12.6. The van der Waals surface area contributed by atoms with Crippen LogP contribution in [0.5, 0.6) is 0 Å². The van der Waals surface area contributed by atoms with Crippen molar-refractivity contribution in [1.29, 1.82) is 0 Å². The van der Waals surface area contributed by atoms with Crippen molar-refractivity contribution >= 4 is 24.4 Å². The topological polar surface area (TPSA) is 49.3 Å². The first-order chi connectivity index (χ1) is 6.68. The van der Waals surface area contributed by atoms with E-state index in [9.17, 15) is 4.21 Å². The molecule has 3 nitrogen and oxygen atoms in total. The highest BCUT2D eigenvalue weighted by Crippen LogP contribution is 1.96. The highest BCUT2D eigenvalue weighted by Gasteiger charge is 1.94. The summed E-state index contributed by atoms with van der Waals surface area (Å²) >= 11 is -1.76. The Morgan fingerprint density at radius 2 is 2.00 bits per heavy atom. The predicted octanol–water partition coefficient (Wildman–Crippen LogP) is -0.208. The van der Waals surface area contributed by atoms with Gasteiger partial charge in [0.15, 0.2) is 11.1 Å². The summed E-state index contributed by atoms with van der Waals surface area (Å²) in [5.74, 6) is 0.120. The van der Waals surface area contributed by atoms with Crippen LogP contribution >= 0.6 is 0 Å². The van der Waals surface area contributed by atoms with Gasteiger partial charge in [0, 0.05) is 6.54 Å². The fraction of sp³-hybridized carbons (Fsp3) is 0.333. The second-order valence-corrected chi connectivity index (χ2v) is 3.89. The van der Waals surface area contributed by atoms with Gasteiger partial charge in [-0.1, -0.05) is 29.7 Å². The van der Waals surface area contributed by atoms with Crippen molar-refractivity contribution in [2.45, 2.75) is 6.42 Å². The van der Waals surface area contributed by atoms with E-state index in [1.165, 1.54) is 0 Å². The maximum absolute atomic E-state index is 10.3. The maximum atomic E-state index is 10.3. The average molecular weight is 209 g/mol. The van der Waals surface area contributed by atoms with Crippen LogP contribution in [0.2, 0.25) is 0 Å². The van der Waals surface area contributed by atoms with E-state index in [4.69, 9.17) is 12.4 Å². The minimum atomic E-state index is -1.76. The molecular formula is C9H12BNO2S. The number of hydrogen-bond donors (Lipinski definition) is 2. The molecule has 74 valence electrons. The number of benzene rings is 1. The van der Waals surface area contributed by atoms with Crippen LogP contribution in [-0.2, 0) is 17.5 Å². The van der Waals surface area contributed by atoms with Gasteiger partial charge in [0.25, 0.3) is 0 Å². The van der Waals surface area contributed by atoms with Gasteiger partial charge in [0.05, 0.1) is 5.88 Å². The highest BCUT2D eigenvalue weighted by molar-refractivity contribution is 7.79. The van der Waals surface area contributed by atoms with E-state index in [0.717, 1.165) is 17.4 Å². The standard InChI is InChI=1S/C9H12BNO2S/c10-9-3-1-8(2-4-9)5-6-11-7-14(12)13/h1-4,11H,5-7H2,(H,12,13). The van der Waals surface area contributed by atoms with E-state index in [0.29, 0.717) is 6.54 Å². The summed E-state index contributed by atoms with van der Waals surface area (Å²) in [7, 11) is 5.53. The second-order valence-electron chi connectivity index (χ2n) is 2.96. The third-order valence-corrected chi connectivity index (χ3v) is 2.25. The van der Waals surface area contributed by atoms with Crippen molar-refractivity contribution in [3.8, 4) is 0 Å². The van der Waals surface area contributed by atoms with E-state index >= 15 is 0 Å². The van der Waals surface area contributed by atoms with Gasteiger partial charge in [-0.05, 0) is 12.0 Å². The van der Waals surface area contributed by atoms with E-state index in [1.54, 1.807) is 0 Å². The van der Waals surface area contributed by atoms with Crippen LogP contribution in [0.15, 0.2) is 24.3 Å². The lowest BCUT2D eigenvalue weighted by atomic mass is 9.95. The molecule has 2 N–H and O–H groups in total. The van der Waals surface area contributed by atoms with Crippen LogP contribution in [0.1, 0.15) is 5.56 Å². The predicted molar refractivity (Wildman–Crippen MR) is 59.2 cm³/mol. The Bertz CT molecular complexity index is 302. The Morgan fingerprint density at radius 3 is 2.57 bits per heavy atom. The van der Waals surface area contributed by atoms with Crippen molar-refractivity contribution in [2.75, 3.05) is 12.4 Å². The van der Waals surface area contributed by atoms with Gasteiger partial charge < -0.3 is 9.87 Å². The van der Waals surface area contributed by atoms with Crippen LogP contribution in [0.3, 0.4) is 0 Å². The summed E-state index contributed by atoms with van der Waals surface area (Å²) in [5.41, 5.74) is 1.91. The van der Waals surface area contributed by atoms with Crippen molar-refractivity contribution in [2.24, 2.45) is 0 Å². The molecule has 0 spiro atoms. The molecule has 0 aliphatic rings. The summed E-state index contributed by atoms with van der Waals surface area (Å²) in [6, 6.07) is 7.60. The largest absolute Gasteiger partial charge is 0.305 e. The van der Waals surface area contributed by atoms with E-state index < -0.39 is 11.1 Å². The van der Waals surface area contributed by atoms with Crippen LogP contribution in [-0.4, -0.2) is 29.0 Å². The van der Waals surface area contributed by atoms with Gasteiger partial charge in [-0.3, -0.25) is 0 Å². The number of rotatable bonds is 5. The third kappa shape index (κ3) is 4.55. The van der Waals surface area contributed by atoms with Crippen molar-refractivity contribution in [3.63, 3.8) is 0 Å². The molecule has 0 aromatic heterocycles. The molecule has 0 saturated heterocycles. The van der Waals surface area contributed by atoms with Crippen LogP contribution < -0.4 is 10.8 Å². The fourth-order valence-corrected chi connectivity index (χ4v) is 1.40. The van der Waals surface area contributed by atoms with Crippen molar-refractivity contribution < 1.29 is 8.76 Å². The van der Waals surface area contributed by atoms with Crippen LogP contribution in [0.4, 0.5) is 0 Å². The van der Waals surface area contributed by atoms with Gasteiger partial charge in [0.2, 0.25) is 0 Å². The van der Waals surface area contributed by atoms with E-state index in [1.807, 2.05) is 24.3 Å². The molecular weight excluding hydrogens is 197 g/mol. The maximum Gasteiger partial charge on any atom is 0.167 e. The summed E-state index contributed by atoms with van der Waals surface area (Å²) in [4.78, 5) is 0. The second kappa shape index (κ2) is 5.96. The first-order valence-electron chi connectivity index (χ1n) is 4.31. The van der Waals surface area contributed by atoms with Gasteiger partial charge in [-0.2, -0.15) is 0 Å². The zero-order chi connectivity index (χ0) is 10.4. The highest BCUT2D eigenvalue weighted by atomic mass is 32.2. The summed E-state index contributed by atoms with van der Waals surface area (Å²) in [5, 5.41) is 2.87. The molecule has 0 aliphatic carbocycles. The smallest absolute Gasteiger partial charge is 0.167 e. The Hall–Kier alpha value is -0.645. The molecule has 14 heavy (non-hydrogen) atoms. The fourth-order valence-electron chi connectivity index (χ4n) is 1.08. The van der Waals surface area contributed by atoms with Gasteiger partial charge >= 0.3 is 0 Å². The number of nitrogens with one attached hydrogen (secondary N) is 1. The van der Waals surface area contributed by atoms with Crippen molar-refractivity contribution in [3.05, 3.63) is 29.8 Å². The van der Waals surface area contributed by atoms with E-state index in [2.05, 4.69) is 5.32 Å². The van der Waals surface area contributed by atoms with Crippen LogP contribution in [0.25, 0.3) is 0 Å². The van der Waals surface area contributed by atoms with Gasteiger partial charge in [-0.25, -0.2) is 4.21 Å². The average Bonchev–Trinajstić information content (AvgIpc) is 2.15. The molecule has 1 rings (SSSR count). The van der Waals surface area contributed by atoms with Gasteiger partial charge in [-0.15, -0.1) is 0 Å². The molecule has 1 aromatic carbocycles. The summed E-state index contributed by atoms with van der Waals surface area (Å²) < 4.78 is 18.8. The molecule has 0 amide bonds. The third-order valence-electron chi connectivity index (χ3n) is 1.80. The summed E-state index contributed by atoms with van der Waals surface area (Å²) in [6.07, 6.45) is 0.831. The lowest BCUT2D eigenvalue weighted by Crippen LogP contribution is -2.21. The molecule has 0 aliphatic heterocycles. The molecule has 0 bridgehead atoms. The Labute approximate surface area is 87.6 Å². The van der Waals surface area contributed by atoms with Gasteiger partial charge in [0.1, 0.15) is 7.85 Å². The lowest BCUT2D eigenvalue weighted by molar-refractivity contribution is 0.555. The van der Waals surface area contributed by atoms with Crippen LogP contribution in [0, 0.1) is 0 Å². The zero-order valence-electron chi connectivity index (χ0n) is 7.77. The molecule has 0 fully saturated rings. The van der Waals surface area contributed by atoms with Crippen molar-refractivity contribution in [1.82, 2.24) is 5.32 Å². The SMILES string of the molecule is [B]c1ccc(CCNCS(=O)O)cc1. The summed E-state index contributed by atoms with van der Waals surface area (Å²) in [6.45, 7) is 0.691. The lowest BCUT2D eigenvalue weighted by Gasteiger charge is -2.02. The zero-order valence-corrected chi connectivity index (χ0v) is 8.59. The molecule has 0 heterocycles. The molecule has 0 saturated carbocycles. The molecule has 2 radical (unpaired) electrons. The van der Waals surface area contributed by atoms with E-state index in [-0.39, 0.29) is 5.88 Å². The quantitative estimate of drug-likeness (QED) is 0.401. The molecule has 1 aromatic rings. The Balaban J connectivity index is 2.25. The Morgan fingerprint density at radius 1 is 1.36 bits per heavy atom.